The van der Waals surface area contributed by atoms with E-state index in [4.69, 9.17) is 0 Å². The second kappa shape index (κ2) is 5.05. The number of amides is 1. The van der Waals surface area contributed by atoms with E-state index >= 15 is 0 Å². The van der Waals surface area contributed by atoms with Gasteiger partial charge in [-0.3, -0.25) is 4.79 Å². The standard InChI is InChI=1S/C16H25NO3/c1-16(8-4-5-9-16)15(20)17-12-7-3-2-6-11(12)10-13(17)14(18)19/h11-13H,2-10H2,1H3,(H,18,19). The van der Waals surface area contributed by atoms with Crippen LogP contribution in [0.25, 0.3) is 0 Å². The van der Waals surface area contributed by atoms with Gasteiger partial charge in [0.05, 0.1) is 0 Å². The minimum Gasteiger partial charge on any atom is -0.480 e. The maximum absolute atomic E-state index is 13.0. The van der Waals surface area contributed by atoms with Crippen molar-refractivity contribution in [3.8, 4) is 0 Å². The van der Waals surface area contributed by atoms with Crippen molar-refractivity contribution in [3.05, 3.63) is 0 Å². The first-order chi connectivity index (χ1) is 9.53. The molecule has 1 N–H and O–H groups in total. The molecule has 0 bridgehead atoms. The third kappa shape index (κ3) is 2.13. The molecule has 112 valence electrons. The average molecular weight is 279 g/mol. The highest BCUT2D eigenvalue weighted by Crippen LogP contribution is 2.45. The predicted octanol–water partition coefficient (Wildman–Crippen LogP) is 2.81. The number of carbonyl (C=O) groups excluding carboxylic acids is 1. The third-order valence-electron chi connectivity index (χ3n) is 5.83. The second-order valence-electron chi connectivity index (χ2n) is 7.18. The van der Waals surface area contributed by atoms with Crippen LogP contribution in [0.3, 0.4) is 0 Å². The molecule has 1 heterocycles. The number of hydrogen-bond donors (Lipinski definition) is 1. The Labute approximate surface area is 120 Å². The summed E-state index contributed by atoms with van der Waals surface area (Å²) in [6.07, 6.45) is 9.12. The largest absolute Gasteiger partial charge is 0.480 e. The van der Waals surface area contributed by atoms with Crippen LogP contribution < -0.4 is 0 Å². The van der Waals surface area contributed by atoms with Gasteiger partial charge in [0, 0.05) is 11.5 Å². The number of carboxylic acids is 1. The summed E-state index contributed by atoms with van der Waals surface area (Å²) >= 11 is 0. The third-order valence-corrected chi connectivity index (χ3v) is 5.83. The molecular weight excluding hydrogens is 254 g/mol. The summed E-state index contributed by atoms with van der Waals surface area (Å²) < 4.78 is 0. The Kier molecular flexibility index (Phi) is 3.51. The van der Waals surface area contributed by atoms with Crippen molar-refractivity contribution >= 4 is 11.9 Å². The number of carboxylic acid groups (broad SMARTS) is 1. The van der Waals surface area contributed by atoms with Gasteiger partial charge < -0.3 is 10.0 Å². The van der Waals surface area contributed by atoms with E-state index in [0.717, 1.165) is 44.9 Å². The smallest absolute Gasteiger partial charge is 0.326 e. The lowest BCUT2D eigenvalue weighted by Crippen LogP contribution is -2.51. The van der Waals surface area contributed by atoms with Crippen LogP contribution in [0.2, 0.25) is 0 Å². The quantitative estimate of drug-likeness (QED) is 0.845. The van der Waals surface area contributed by atoms with Crippen molar-refractivity contribution in [3.63, 3.8) is 0 Å². The lowest BCUT2D eigenvalue weighted by atomic mass is 9.83. The van der Waals surface area contributed by atoms with E-state index < -0.39 is 12.0 Å². The fourth-order valence-corrected chi connectivity index (χ4v) is 4.65. The molecule has 20 heavy (non-hydrogen) atoms. The highest BCUT2D eigenvalue weighted by atomic mass is 16.4. The van der Waals surface area contributed by atoms with E-state index in [1.54, 1.807) is 4.90 Å². The Hall–Kier alpha value is -1.06. The average Bonchev–Trinajstić information content (AvgIpc) is 3.02. The molecule has 3 atom stereocenters. The first kappa shape index (κ1) is 13.9. The molecule has 3 fully saturated rings. The van der Waals surface area contributed by atoms with Crippen LogP contribution in [0, 0.1) is 11.3 Å². The van der Waals surface area contributed by atoms with Crippen LogP contribution in [0.15, 0.2) is 0 Å². The molecule has 2 aliphatic carbocycles. The highest BCUT2D eigenvalue weighted by Gasteiger charge is 2.51. The summed E-state index contributed by atoms with van der Waals surface area (Å²) in [5.74, 6) is -0.273. The van der Waals surface area contributed by atoms with E-state index in [0.29, 0.717) is 12.3 Å². The zero-order chi connectivity index (χ0) is 14.3. The maximum Gasteiger partial charge on any atom is 0.326 e. The monoisotopic (exact) mass is 279 g/mol. The molecule has 0 radical (unpaired) electrons. The number of aliphatic carboxylic acids is 1. The van der Waals surface area contributed by atoms with Gasteiger partial charge in [0.2, 0.25) is 5.91 Å². The summed E-state index contributed by atoms with van der Waals surface area (Å²) in [5, 5.41) is 9.51. The summed E-state index contributed by atoms with van der Waals surface area (Å²) in [6.45, 7) is 2.04. The minimum atomic E-state index is -0.811. The van der Waals surface area contributed by atoms with Gasteiger partial charge in [0.15, 0.2) is 0 Å². The molecule has 3 aliphatic rings. The number of fused-ring (bicyclic) bond motifs is 1. The van der Waals surface area contributed by atoms with Gasteiger partial charge in [0.1, 0.15) is 6.04 Å². The van der Waals surface area contributed by atoms with Gasteiger partial charge in [-0.25, -0.2) is 4.79 Å². The second-order valence-corrected chi connectivity index (χ2v) is 7.18. The molecule has 0 spiro atoms. The number of nitrogens with zero attached hydrogens (tertiary/aromatic N) is 1. The van der Waals surface area contributed by atoms with Gasteiger partial charge in [-0.2, -0.15) is 0 Å². The first-order valence-corrected chi connectivity index (χ1v) is 8.08. The fraction of sp³-hybridized carbons (Fsp3) is 0.875. The molecular formula is C16H25NO3. The molecule has 4 nitrogen and oxygen atoms in total. The lowest BCUT2D eigenvalue weighted by Gasteiger charge is -2.38. The van der Waals surface area contributed by atoms with E-state index in [2.05, 4.69) is 0 Å². The fourth-order valence-electron chi connectivity index (χ4n) is 4.65. The molecule has 0 aromatic rings. The topological polar surface area (TPSA) is 57.6 Å². The molecule has 0 aromatic carbocycles. The molecule has 0 aromatic heterocycles. The van der Waals surface area contributed by atoms with Crippen LogP contribution in [0.5, 0.6) is 0 Å². The summed E-state index contributed by atoms with van der Waals surface area (Å²) in [5.41, 5.74) is -0.306. The van der Waals surface area contributed by atoms with Crippen molar-refractivity contribution < 1.29 is 14.7 Å². The first-order valence-electron chi connectivity index (χ1n) is 8.08. The normalized spacial score (nSPS) is 35.9. The Morgan fingerprint density at radius 1 is 1.10 bits per heavy atom. The van der Waals surface area contributed by atoms with Gasteiger partial charge in [-0.1, -0.05) is 32.6 Å². The van der Waals surface area contributed by atoms with E-state index in [1.165, 1.54) is 6.42 Å². The van der Waals surface area contributed by atoms with Crippen LogP contribution in [-0.4, -0.2) is 34.0 Å². The molecule has 1 aliphatic heterocycles. The summed E-state index contributed by atoms with van der Waals surface area (Å²) in [6, 6.07) is -0.386. The molecule has 1 saturated heterocycles. The number of carbonyl (C=O) groups is 2. The van der Waals surface area contributed by atoms with Crippen LogP contribution in [0.1, 0.15) is 64.7 Å². The van der Waals surface area contributed by atoms with Crippen molar-refractivity contribution in [1.82, 2.24) is 4.90 Å². The lowest BCUT2D eigenvalue weighted by molar-refractivity contribution is -0.154. The number of likely N-dealkylation sites (tertiary alicyclic amines) is 1. The Morgan fingerprint density at radius 2 is 1.75 bits per heavy atom. The SMILES string of the molecule is CC1(C(=O)N2C(C(=O)O)CC3CCCCC32)CCCC1. The molecule has 2 saturated carbocycles. The zero-order valence-corrected chi connectivity index (χ0v) is 12.3. The zero-order valence-electron chi connectivity index (χ0n) is 12.3. The van der Waals surface area contributed by atoms with Crippen molar-refractivity contribution in [2.24, 2.45) is 11.3 Å². The van der Waals surface area contributed by atoms with Gasteiger partial charge in [0.25, 0.3) is 0 Å². The van der Waals surface area contributed by atoms with E-state index in [-0.39, 0.29) is 17.4 Å². The molecule has 1 amide bonds. The Balaban J connectivity index is 1.87. The van der Waals surface area contributed by atoms with Gasteiger partial charge >= 0.3 is 5.97 Å². The molecule has 3 unspecified atom stereocenters. The molecule has 4 heteroatoms. The van der Waals surface area contributed by atoms with E-state index in [1.807, 2.05) is 6.92 Å². The van der Waals surface area contributed by atoms with Crippen LogP contribution in [-0.2, 0) is 9.59 Å². The van der Waals surface area contributed by atoms with Crippen molar-refractivity contribution in [2.75, 3.05) is 0 Å². The van der Waals surface area contributed by atoms with Crippen molar-refractivity contribution in [1.29, 1.82) is 0 Å². The van der Waals surface area contributed by atoms with Crippen LogP contribution >= 0.6 is 0 Å². The summed E-state index contributed by atoms with van der Waals surface area (Å²) in [4.78, 5) is 26.4. The predicted molar refractivity (Wildman–Crippen MR) is 75.2 cm³/mol. The van der Waals surface area contributed by atoms with Crippen LogP contribution in [0.4, 0.5) is 0 Å². The Bertz CT molecular complexity index is 414. The summed E-state index contributed by atoms with van der Waals surface area (Å²) in [7, 11) is 0. The number of hydrogen-bond acceptors (Lipinski definition) is 2. The molecule has 3 rings (SSSR count). The number of rotatable bonds is 2. The van der Waals surface area contributed by atoms with Crippen molar-refractivity contribution in [2.45, 2.75) is 76.8 Å². The Morgan fingerprint density at radius 3 is 2.40 bits per heavy atom. The van der Waals surface area contributed by atoms with E-state index in [9.17, 15) is 14.7 Å². The van der Waals surface area contributed by atoms with Gasteiger partial charge in [-0.05, 0) is 38.0 Å². The minimum absolute atomic E-state index is 0.122. The maximum atomic E-state index is 13.0. The highest BCUT2D eigenvalue weighted by molar-refractivity contribution is 5.88. The van der Waals surface area contributed by atoms with Gasteiger partial charge in [-0.15, -0.1) is 0 Å².